The Kier molecular flexibility index (Phi) is 12.0. The number of esters is 1. The lowest BCUT2D eigenvalue weighted by atomic mass is 9.88. The zero-order chi connectivity index (χ0) is 20.2. The zero-order valence-corrected chi connectivity index (χ0v) is 17.8. The maximum atomic E-state index is 11.0. The lowest BCUT2D eigenvalue weighted by molar-refractivity contribution is -0.134. The number of ether oxygens (including phenoxy) is 1. The molecule has 0 bridgehead atoms. The van der Waals surface area contributed by atoms with E-state index in [1.165, 1.54) is 13.2 Å². The van der Waals surface area contributed by atoms with E-state index < -0.39 is 12.2 Å². The fourth-order valence-electron chi connectivity index (χ4n) is 3.75. The first kappa shape index (κ1) is 24.2. The second kappa shape index (κ2) is 13.4. The first-order chi connectivity index (χ1) is 12.9. The van der Waals surface area contributed by atoms with Crippen LogP contribution in [-0.4, -0.2) is 40.9 Å². The summed E-state index contributed by atoms with van der Waals surface area (Å²) >= 11 is 6.48. The fraction of sp³-hybridized carbons (Fsp3) is 0.773. The Bertz CT molecular complexity index is 477. The number of rotatable bonds is 12. The van der Waals surface area contributed by atoms with Gasteiger partial charge in [-0.15, -0.1) is 11.6 Å². The van der Waals surface area contributed by atoms with Crippen molar-refractivity contribution in [2.45, 2.75) is 82.8 Å². The van der Waals surface area contributed by atoms with Gasteiger partial charge >= 0.3 is 5.97 Å². The summed E-state index contributed by atoms with van der Waals surface area (Å²) in [4.78, 5) is 11.0. The van der Waals surface area contributed by atoms with Gasteiger partial charge in [0.05, 0.1) is 19.3 Å². The number of aliphatic hydroxyl groups is 2. The van der Waals surface area contributed by atoms with Crippen LogP contribution in [0.3, 0.4) is 0 Å². The van der Waals surface area contributed by atoms with Crippen molar-refractivity contribution in [2.24, 2.45) is 17.8 Å². The van der Waals surface area contributed by atoms with Gasteiger partial charge in [-0.25, -0.2) is 4.79 Å². The maximum absolute atomic E-state index is 11.0. The van der Waals surface area contributed by atoms with Gasteiger partial charge in [0.15, 0.2) is 0 Å². The predicted molar refractivity (Wildman–Crippen MR) is 111 cm³/mol. The summed E-state index contributed by atoms with van der Waals surface area (Å²) in [5.41, 5.74) is 0. The lowest BCUT2D eigenvalue weighted by Gasteiger charge is -2.22. The first-order valence-corrected chi connectivity index (χ1v) is 10.8. The van der Waals surface area contributed by atoms with Gasteiger partial charge < -0.3 is 14.9 Å². The molecule has 1 rings (SSSR count). The monoisotopic (exact) mass is 400 g/mol. The number of carbonyl (C=O) groups excluding carboxylic acids is 1. The number of methoxy groups -OCH3 is 1. The molecule has 0 amide bonds. The molecule has 0 aliphatic heterocycles. The third kappa shape index (κ3) is 8.80. The number of allylic oxidation sites excluding steroid dienone is 1. The first-order valence-electron chi connectivity index (χ1n) is 10.3. The molecule has 156 valence electrons. The van der Waals surface area contributed by atoms with Crippen LogP contribution in [0.5, 0.6) is 0 Å². The molecule has 4 nitrogen and oxygen atoms in total. The third-order valence-corrected chi connectivity index (χ3v) is 6.11. The SMILES string of the molecule is CCCCC(C)[C@H](O)C=C[C@@H]1[C@@H](CCCCC=CC(=O)OC)[C@H](Cl)C[C@H]1O. The molecule has 0 saturated heterocycles. The minimum absolute atomic E-state index is 0.00568. The van der Waals surface area contributed by atoms with Crippen molar-refractivity contribution in [3.05, 3.63) is 24.3 Å². The molecule has 1 unspecified atom stereocenters. The van der Waals surface area contributed by atoms with Crippen LogP contribution in [-0.2, 0) is 9.53 Å². The minimum Gasteiger partial charge on any atom is -0.466 e. The summed E-state index contributed by atoms with van der Waals surface area (Å²) in [7, 11) is 1.37. The number of alkyl halides is 1. The van der Waals surface area contributed by atoms with Crippen molar-refractivity contribution in [3.63, 3.8) is 0 Å². The maximum Gasteiger partial charge on any atom is 0.330 e. The van der Waals surface area contributed by atoms with Crippen molar-refractivity contribution in [1.29, 1.82) is 0 Å². The van der Waals surface area contributed by atoms with E-state index in [0.29, 0.717) is 6.42 Å². The number of aliphatic hydroxyl groups excluding tert-OH is 2. The van der Waals surface area contributed by atoms with Crippen LogP contribution in [0, 0.1) is 17.8 Å². The molecular weight excluding hydrogens is 364 g/mol. The van der Waals surface area contributed by atoms with Gasteiger partial charge in [0.25, 0.3) is 0 Å². The van der Waals surface area contributed by atoms with Crippen LogP contribution < -0.4 is 0 Å². The van der Waals surface area contributed by atoms with Crippen molar-refractivity contribution in [3.8, 4) is 0 Å². The van der Waals surface area contributed by atoms with Crippen LogP contribution in [0.25, 0.3) is 0 Å². The Morgan fingerprint density at radius 3 is 2.74 bits per heavy atom. The molecule has 1 aliphatic rings. The van der Waals surface area contributed by atoms with Gasteiger partial charge in [-0.2, -0.15) is 0 Å². The Balaban J connectivity index is 2.48. The molecule has 0 radical (unpaired) electrons. The molecule has 0 aromatic heterocycles. The summed E-state index contributed by atoms with van der Waals surface area (Å²) in [6.45, 7) is 4.22. The normalized spacial score (nSPS) is 28.1. The van der Waals surface area contributed by atoms with E-state index in [1.54, 1.807) is 0 Å². The van der Waals surface area contributed by atoms with E-state index in [4.69, 9.17) is 11.6 Å². The van der Waals surface area contributed by atoms with Gasteiger partial charge in [-0.1, -0.05) is 51.3 Å². The predicted octanol–water partition coefficient (Wildman–Crippen LogP) is 4.62. The standard InChI is InChI=1S/C22H37ClO4/c1-4-5-10-16(2)20(24)14-13-18-17(19(23)15-21(18)25)11-8-6-7-9-12-22(26)27-3/h9,12-14,16-21,24-25H,4-8,10-11,15H2,1-3H3/t16?,17-,18-,19-,20-,21-/m1/s1. The van der Waals surface area contributed by atoms with Gasteiger partial charge in [0, 0.05) is 17.4 Å². The van der Waals surface area contributed by atoms with Crippen LogP contribution in [0.2, 0.25) is 0 Å². The van der Waals surface area contributed by atoms with Crippen LogP contribution >= 0.6 is 11.6 Å². The topological polar surface area (TPSA) is 66.8 Å². The Morgan fingerprint density at radius 1 is 1.33 bits per heavy atom. The average molecular weight is 401 g/mol. The molecule has 5 heteroatoms. The number of halogens is 1. The number of hydrogen-bond acceptors (Lipinski definition) is 4. The van der Waals surface area contributed by atoms with E-state index in [1.807, 2.05) is 18.2 Å². The van der Waals surface area contributed by atoms with Crippen molar-refractivity contribution in [1.82, 2.24) is 0 Å². The molecule has 1 aliphatic carbocycles. The second-order valence-corrected chi connectivity index (χ2v) is 8.33. The molecule has 2 N–H and O–H groups in total. The summed E-state index contributed by atoms with van der Waals surface area (Å²) in [5.74, 6) is 0.130. The smallest absolute Gasteiger partial charge is 0.330 e. The molecule has 27 heavy (non-hydrogen) atoms. The number of carbonyl (C=O) groups is 1. The Hall–Kier alpha value is -0.840. The highest BCUT2D eigenvalue weighted by atomic mass is 35.5. The minimum atomic E-state index is -0.470. The van der Waals surface area contributed by atoms with Crippen molar-refractivity contribution >= 4 is 17.6 Å². The van der Waals surface area contributed by atoms with Crippen molar-refractivity contribution < 1.29 is 19.7 Å². The van der Waals surface area contributed by atoms with Gasteiger partial charge in [-0.3, -0.25) is 0 Å². The molecule has 6 atom stereocenters. The highest BCUT2D eigenvalue weighted by molar-refractivity contribution is 6.21. The summed E-state index contributed by atoms with van der Waals surface area (Å²) in [6.07, 6.45) is 13.8. The number of hydrogen-bond donors (Lipinski definition) is 2. The lowest BCUT2D eigenvalue weighted by Crippen LogP contribution is -2.21. The fourth-order valence-corrected chi connectivity index (χ4v) is 4.23. The summed E-state index contributed by atoms with van der Waals surface area (Å²) in [5, 5.41) is 20.7. The van der Waals surface area contributed by atoms with Gasteiger partial charge in [-0.05, 0) is 43.9 Å². The molecular formula is C22H37ClO4. The summed E-state index contributed by atoms with van der Waals surface area (Å²) in [6, 6.07) is 0. The van der Waals surface area contributed by atoms with E-state index in [9.17, 15) is 15.0 Å². The molecule has 0 aromatic carbocycles. The van der Waals surface area contributed by atoms with Crippen LogP contribution in [0.1, 0.15) is 65.2 Å². The summed E-state index contributed by atoms with van der Waals surface area (Å²) < 4.78 is 4.56. The van der Waals surface area contributed by atoms with Gasteiger partial charge in [0.1, 0.15) is 0 Å². The third-order valence-electron chi connectivity index (χ3n) is 5.61. The highest BCUT2D eigenvalue weighted by Crippen LogP contribution is 2.40. The van der Waals surface area contributed by atoms with E-state index in [-0.39, 0.29) is 29.1 Å². The molecule has 1 fully saturated rings. The van der Waals surface area contributed by atoms with Gasteiger partial charge in [0.2, 0.25) is 0 Å². The second-order valence-electron chi connectivity index (χ2n) is 7.77. The quantitative estimate of drug-likeness (QED) is 0.165. The highest BCUT2D eigenvalue weighted by Gasteiger charge is 2.39. The van der Waals surface area contributed by atoms with Crippen LogP contribution in [0.4, 0.5) is 0 Å². The average Bonchev–Trinajstić information content (AvgIpc) is 2.92. The van der Waals surface area contributed by atoms with E-state index in [0.717, 1.165) is 44.9 Å². The molecule has 0 heterocycles. The van der Waals surface area contributed by atoms with Crippen molar-refractivity contribution in [2.75, 3.05) is 7.11 Å². The Labute approximate surface area is 169 Å². The number of unbranched alkanes of at least 4 members (excludes halogenated alkanes) is 3. The molecule has 0 spiro atoms. The molecule has 1 saturated carbocycles. The molecule has 0 aromatic rings. The largest absolute Gasteiger partial charge is 0.466 e. The van der Waals surface area contributed by atoms with E-state index >= 15 is 0 Å². The van der Waals surface area contributed by atoms with E-state index in [2.05, 4.69) is 18.6 Å². The van der Waals surface area contributed by atoms with Crippen LogP contribution in [0.15, 0.2) is 24.3 Å². The zero-order valence-electron chi connectivity index (χ0n) is 17.0. The Morgan fingerprint density at radius 2 is 2.07 bits per heavy atom.